The number of rotatable bonds is 4. The molecule has 1 saturated heterocycles. The van der Waals surface area contributed by atoms with Crippen LogP contribution in [0.3, 0.4) is 0 Å². The molecule has 104 valence electrons. The van der Waals surface area contributed by atoms with Crippen LogP contribution in [0.2, 0.25) is 0 Å². The van der Waals surface area contributed by atoms with Crippen LogP contribution in [0, 0.1) is 6.92 Å². The molecule has 0 spiro atoms. The molecule has 19 heavy (non-hydrogen) atoms. The Morgan fingerprint density at radius 2 is 2.16 bits per heavy atom. The number of piperidine rings is 1. The molecule has 1 aromatic rings. The summed E-state index contributed by atoms with van der Waals surface area (Å²) in [6.07, 6.45) is 4.47. The SMILES string of the molecule is Cc1ccccc1CC(=O)N1CCCCC1CCO. The highest BCUT2D eigenvalue weighted by Gasteiger charge is 2.26. The van der Waals surface area contributed by atoms with Gasteiger partial charge in [-0.25, -0.2) is 0 Å². The average molecular weight is 261 g/mol. The zero-order valence-electron chi connectivity index (χ0n) is 11.6. The van der Waals surface area contributed by atoms with Crippen LogP contribution in [-0.2, 0) is 11.2 Å². The topological polar surface area (TPSA) is 40.5 Å². The van der Waals surface area contributed by atoms with Crippen LogP contribution in [0.5, 0.6) is 0 Å². The number of likely N-dealkylation sites (tertiary alicyclic amines) is 1. The van der Waals surface area contributed by atoms with Gasteiger partial charge in [-0.05, 0) is 43.7 Å². The first-order valence-corrected chi connectivity index (χ1v) is 7.17. The summed E-state index contributed by atoms with van der Waals surface area (Å²) < 4.78 is 0. The van der Waals surface area contributed by atoms with Gasteiger partial charge in [-0.1, -0.05) is 24.3 Å². The highest BCUT2D eigenvalue weighted by molar-refractivity contribution is 5.79. The Labute approximate surface area is 115 Å². The summed E-state index contributed by atoms with van der Waals surface area (Å²) in [6.45, 7) is 3.05. The van der Waals surface area contributed by atoms with Crippen molar-refractivity contribution in [3.63, 3.8) is 0 Å². The van der Waals surface area contributed by atoms with Crippen LogP contribution in [0.25, 0.3) is 0 Å². The number of hydrogen-bond acceptors (Lipinski definition) is 2. The third-order valence-electron chi connectivity index (χ3n) is 4.01. The second-order valence-corrected chi connectivity index (χ2v) is 5.35. The van der Waals surface area contributed by atoms with Crippen LogP contribution in [0.15, 0.2) is 24.3 Å². The molecule has 1 amide bonds. The van der Waals surface area contributed by atoms with Crippen molar-refractivity contribution < 1.29 is 9.90 Å². The number of hydrogen-bond donors (Lipinski definition) is 1. The van der Waals surface area contributed by atoms with Crippen molar-refractivity contribution in [2.45, 2.75) is 45.1 Å². The first-order valence-electron chi connectivity index (χ1n) is 7.17. The molecule has 1 unspecified atom stereocenters. The van der Waals surface area contributed by atoms with E-state index in [-0.39, 0.29) is 18.6 Å². The van der Waals surface area contributed by atoms with E-state index in [2.05, 4.69) is 0 Å². The minimum absolute atomic E-state index is 0.165. The molecule has 1 N–H and O–H groups in total. The average Bonchev–Trinajstić information content (AvgIpc) is 2.42. The number of carbonyl (C=O) groups excluding carboxylic acids is 1. The molecule has 3 nitrogen and oxygen atoms in total. The zero-order valence-corrected chi connectivity index (χ0v) is 11.6. The molecule has 3 heteroatoms. The molecule has 0 bridgehead atoms. The van der Waals surface area contributed by atoms with Gasteiger partial charge in [-0.2, -0.15) is 0 Å². The summed E-state index contributed by atoms with van der Waals surface area (Å²) in [5, 5.41) is 9.11. The predicted molar refractivity (Wildman–Crippen MR) is 75.9 cm³/mol. The molecule has 0 radical (unpaired) electrons. The van der Waals surface area contributed by atoms with Gasteiger partial charge in [-0.3, -0.25) is 4.79 Å². The zero-order chi connectivity index (χ0) is 13.7. The fourth-order valence-electron chi connectivity index (χ4n) is 2.85. The van der Waals surface area contributed by atoms with Gasteiger partial charge < -0.3 is 10.0 Å². The molecule has 0 aromatic heterocycles. The van der Waals surface area contributed by atoms with E-state index in [1.165, 1.54) is 12.0 Å². The molecule has 1 aromatic carbocycles. The fraction of sp³-hybridized carbons (Fsp3) is 0.562. The van der Waals surface area contributed by atoms with E-state index in [1.807, 2.05) is 36.1 Å². The maximum Gasteiger partial charge on any atom is 0.227 e. The number of aliphatic hydroxyl groups excluding tert-OH is 1. The number of amides is 1. The molecular weight excluding hydrogens is 238 g/mol. The first kappa shape index (κ1) is 14.1. The second-order valence-electron chi connectivity index (χ2n) is 5.35. The summed E-state index contributed by atoms with van der Waals surface area (Å²) in [7, 11) is 0. The Kier molecular flexibility index (Phi) is 4.97. The number of nitrogens with zero attached hydrogens (tertiary/aromatic N) is 1. The van der Waals surface area contributed by atoms with E-state index >= 15 is 0 Å². The van der Waals surface area contributed by atoms with Crippen LogP contribution in [0.1, 0.15) is 36.8 Å². The number of aliphatic hydroxyl groups is 1. The van der Waals surface area contributed by atoms with Gasteiger partial charge in [0.05, 0.1) is 6.42 Å². The lowest BCUT2D eigenvalue weighted by molar-refractivity contribution is -0.134. The van der Waals surface area contributed by atoms with Crippen molar-refractivity contribution in [2.24, 2.45) is 0 Å². The van der Waals surface area contributed by atoms with Gasteiger partial charge in [-0.15, -0.1) is 0 Å². The van der Waals surface area contributed by atoms with Gasteiger partial charge in [0.25, 0.3) is 0 Å². The largest absolute Gasteiger partial charge is 0.396 e. The number of aryl methyl sites for hydroxylation is 1. The Morgan fingerprint density at radius 3 is 2.89 bits per heavy atom. The van der Waals surface area contributed by atoms with Gasteiger partial charge in [0, 0.05) is 19.2 Å². The molecule has 1 heterocycles. The summed E-state index contributed by atoms with van der Waals surface area (Å²) in [6, 6.07) is 8.29. The van der Waals surface area contributed by atoms with Crippen LogP contribution < -0.4 is 0 Å². The lowest BCUT2D eigenvalue weighted by Gasteiger charge is -2.35. The monoisotopic (exact) mass is 261 g/mol. The third kappa shape index (κ3) is 3.57. The van der Waals surface area contributed by atoms with Gasteiger partial charge >= 0.3 is 0 Å². The summed E-state index contributed by atoms with van der Waals surface area (Å²) in [5.41, 5.74) is 2.28. The maximum atomic E-state index is 12.4. The van der Waals surface area contributed by atoms with Crippen molar-refractivity contribution >= 4 is 5.91 Å². The summed E-state index contributed by atoms with van der Waals surface area (Å²) in [5.74, 6) is 0.201. The van der Waals surface area contributed by atoms with Gasteiger partial charge in [0.1, 0.15) is 0 Å². The van der Waals surface area contributed by atoms with E-state index in [0.29, 0.717) is 12.8 Å². The summed E-state index contributed by atoms with van der Waals surface area (Å²) >= 11 is 0. The van der Waals surface area contributed by atoms with Crippen molar-refractivity contribution in [1.82, 2.24) is 4.90 Å². The van der Waals surface area contributed by atoms with Gasteiger partial charge in [0.15, 0.2) is 0 Å². The lowest BCUT2D eigenvalue weighted by Crippen LogP contribution is -2.44. The number of carbonyl (C=O) groups is 1. The molecule has 1 atom stereocenters. The van der Waals surface area contributed by atoms with Crippen LogP contribution >= 0.6 is 0 Å². The molecule has 1 fully saturated rings. The molecule has 1 aliphatic rings. The highest BCUT2D eigenvalue weighted by Crippen LogP contribution is 2.21. The van der Waals surface area contributed by atoms with E-state index in [1.54, 1.807) is 0 Å². The van der Waals surface area contributed by atoms with Crippen molar-refractivity contribution in [2.75, 3.05) is 13.2 Å². The number of benzene rings is 1. The van der Waals surface area contributed by atoms with E-state index in [4.69, 9.17) is 5.11 Å². The first-order chi connectivity index (χ1) is 9.22. The maximum absolute atomic E-state index is 12.4. The van der Waals surface area contributed by atoms with Crippen molar-refractivity contribution in [1.29, 1.82) is 0 Å². The second kappa shape index (κ2) is 6.71. The molecule has 0 saturated carbocycles. The third-order valence-corrected chi connectivity index (χ3v) is 4.01. The molecule has 2 rings (SSSR count). The smallest absolute Gasteiger partial charge is 0.227 e. The van der Waals surface area contributed by atoms with Crippen LogP contribution in [-0.4, -0.2) is 35.1 Å². The Morgan fingerprint density at radius 1 is 1.37 bits per heavy atom. The highest BCUT2D eigenvalue weighted by atomic mass is 16.3. The minimum atomic E-state index is 0.165. The normalized spacial score (nSPS) is 19.5. The summed E-state index contributed by atoms with van der Waals surface area (Å²) in [4.78, 5) is 14.4. The molecule has 1 aliphatic heterocycles. The predicted octanol–water partition coefficient (Wildman–Crippen LogP) is 2.30. The fourth-order valence-corrected chi connectivity index (χ4v) is 2.85. The molecule has 0 aliphatic carbocycles. The van der Waals surface area contributed by atoms with E-state index in [0.717, 1.165) is 24.9 Å². The molecular formula is C16H23NO2. The van der Waals surface area contributed by atoms with Crippen LogP contribution in [0.4, 0.5) is 0 Å². The Bertz CT molecular complexity index is 429. The van der Waals surface area contributed by atoms with E-state index < -0.39 is 0 Å². The minimum Gasteiger partial charge on any atom is -0.396 e. The Balaban J connectivity index is 2.03. The van der Waals surface area contributed by atoms with Crippen molar-refractivity contribution in [3.8, 4) is 0 Å². The van der Waals surface area contributed by atoms with Gasteiger partial charge in [0.2, 0.25) is 5.91 Å². The quantitative estimate of drug-likeness (QED) is 0.903. The lowest BCUT2D eigenvalue weighted by atomic mass is 9.98. The van der Waals surface area contributed by atoms with Crippen molar-refractivity contribution in [3.05, 3.63) is 35.4 Å². The standard InChI is InChI=1S/C16H23NO2/c1-13-6-2-3-7-14(13)12-16(19)17-10-5-4-8-15(17)9-11-18/h2-3,6-7,15,18H,4-5,8-12H2,1H3. The Hall–Kier alpha value is -1.35. The van der Waals surface area contributed by atoms with E-state index in [9.17, 15) is 4.79 Å².